The van der Waals surface area contributed by atoms with Crippen LogP contribution in [0.25, 0.3) is 0 Å². The molecule has 0 aliphatic rings. The number of rotatable bonds is 7. The summed E-state index contributed by atoms with van der Waals surface area (Å²) in [5.74, 6) is 0.233. The van der Waals surface area contributed by atoms with Gasteiger partial charge in [-0.05, 0) is 30.5 Å². The Kier molecular flexibility index (Phi) is 10.4. The SMILES string of the molecule is CCCCCCNC(N)=NCc1ccc(C)c(F)c1.I. The first kappa shape index (κ1) is 19.1. The van der Waals surface area contributed by atoms with E-state index in [2.05, 4.69) is 17.2 Å². The minimum absolute atomic E-state index is 0. The van der Waals surface area contributed by atoms with Crippen LogP contribution in [-0.4, -0.2) is 12.5 Å². The van der Waals surface area contributed by atoms with Crippen molar-refractivity contribution in [1.29, 1.82) is 0 Å². The van der Waals surface area contributed by atoms with Crippen molar-refractivity contribution in [3.05, 3.63) is 35.1 Å². The highest BCUT2D eigenvalue weighted by molar-refractivity contribution is 14.0. The molecule has 0 aliphatic carbocycles. The van der Waals surface area contributed by atoms with E-state index in [4.69, 9.17) is 5.73 Å². The lowest BCUT2D eigenvalue weighted by Crippen LogP contribution is -2.32. The van der Waals surface area contributed by atoms with Gasteiger partial charge in [0, 0.05) is 6.54 Å². The third kappa shape index (κ3) is 7.67. The van der Waals surface area contributed by atoms with Crippen LogP contribution in [0.4, 0.5) is 4.39 Å². The van der Waals surface area contributed by atoms with E-state index in [-0.39, 0.29) is 29.8 Å². The zero-order valence-electron chi connectivity index (χ0n) is 12.3. The van der Waals surface area contributed by atoms with Crippen LogP contribution >= 0.6 is 24.0 Å². The second kappa shape index (κ2) is 10.9. The highest BCUT2D eigenvalue weighted by Crippen LogP contribution is 2.09. The summed E-state index contributed by atoms with van der Waals surface area (Å²) < 4.78 is 13.3. The summed E-state index contributed by atoms with van der Waals surface area (Å²) in [6.07, 6.45) is 4.78. The van der Waals surface area contributed by atoms with Crippen LogP contribution in [-0.2, 0) is 6.54 Å². The quantitative estimate of drug-likeness (QED) is 0.321. The summed E-state index contributed by atoms with van der Waals surface area (Å²) in [6, 6.07) is 5.14. The van der Waals surface area contributed by atoms with E-state index in [1.165, 1.54) is 25.3 Å². The van der Waals surface area contributed by atoms with Gasteiger partial charge in [0.1, 0.15) is 5.82 Å². The summed E-state index contributed by atoms with van der Waals surface area (Å²) in [7, 11) is 0. The lowest BCUT2D eigenvalue weighted by molar-refractivity contribution is 0.616. The van der Waals surface area contributed by atoms with Crippen molar-refractivity contribution >= 4 is 29.9 Å². The van der Waals surface area contributed by atoms with E-state index in [9.17, 15) is 4.39 Å². The highest BCUT2D eigenvalue weighted by Gasteiger charge is 1.99. The van der Waals surface area contributed by atoms with Crippen LogP contribution in [0.15, 0.2) is 23.2 Å². The number of hydrogen-bond donors (Lipinski definition) is 2. The average Bonchev–Trinajstić information content (AvgIpc) is 2.40. The largest absolute Gasteiger partial charge is 0.370 e. The van der Waals surface area contributed by atoms with Crippen molar-refractivity contribution < 1.29 is 4.39 Å². The van der Waals surface area contributed by atoms with Gasteiger partial charge < -0.3 is 11.1 Å². The monoisotopic (exact) mass is 393 g/mol. The molecule has 0 aliphatic heterocycles. The topological polar surface area (TPSA) is 50.4 Å². The molecule has 114 valence electrons. The minimum Gasteiger partial charge on any atom is -0.370 e. The van der Waals surface area contributed by atoms with Gasteiger partial charge in [-0.3, -0.25) is 0 Å². The van der Waals surface area contributed by atoms with Gasteiger partial charge in [-0.2, -0.15) is 0 Å². The Hall–Kier alpha value is -0.850. The molecule has 20 heavy (non-hydrogen) atoms. The number of aryl methyl sites for hydroxylation is 1. The van der Waals surface area contributed by atoms with E-state index in [0.717, 1.165) is 18.5 Å². The fourth-order valence-corrected chi connectivity index (χ4v) is 1.74. The molecule has 1 aromatic carbocycles. The zero-order chi connectivity index (χ0) is 14.1. The molecule has 0 radical (unpaired) electrons. The number of benzene rings is 1. The Morgan fingerprint density at radius 1 is 1.30 bits per heavy atom. The van der Waals surface area contributed by atoms with Gasteiger partial charge in [-0.25, -0.2) is 9.38 Å². The van der Waals surface area contributed by atoms with Gasteiger partial charge in [-0.1, -0.05) is 38.3 Å². The molecular weight excluding hydrogens is 368 g/mol. The van der Waals surface area contributed by atoms with E-state index in [1.54, 1.807) is 13.0 Å². The van der Waals surface area contributed by atoms with Gasteiger partial charge in [0.15, 0.2) is 5.96 Å². The van der Waals surface area contributed by atoms with Crippen LogP contribution in [0.2, 0.25) is 0 Å². The predicted molar refractivity (Wildman–Crippen MR) is 94.0 cm³/mol. The molecular formula is C15H25FIN3. The Labute approximate surface area is 138 Å². The molecule has 0 heterocycles. The number of nitrogens with two attached hydrogens (primary N) is 1. The molecule has 0 saturated carbocycles. The van der Waals surface area contributed by atoms with E-state index < -0.39 is 0 Å². The lowest BCUT2D eigenvalue weighted by atomic mass is 10.1. The molecule has 0 aromatic heterocycles. The molecule has 0 bridgehead atoms. The van der Waals surface area contributed by atoms with Gasteiger partial charge in [0.2, 0.25) is 0 Å². The fraction of sp³-hybridized carbons (Fsp3) is 0.533. The summed E-state index contributed by atoms with van der Waals surface area (Å²) >= 11 is 0. The van der Waals surface area contributed by atoms with Crippen LogP contribution in [0.1, 0.15) is 43.7 Å². The molecule has 3 N–H and O–H groups in total. The molecule has 3 nitrogen and oxygen atoms in total. The molecule has 5 heteroatoms. The second-order valence-electron chi connectivity index (χ2n) is 4.77. The summed E-state index contributed by atoms with van der Waals surface area (Å²) in [6.45, 7) is 5.18. The third-order valence-electron chi connectivity index (χ3n) is 3.00. The number of guanidine groups is 1. The van der Waals surface area contributed by atoms with Gasteiger partial charge in [0.05, 0.1) is 6.54 Å². The first-order valence-electron chi connectivity index (χ1n) is 6.92. The van der Waals surface area contributed by atoms with Crippen LogP contribution in [0.3, 0.4) is 0 Å². The van der Waals surface area contributed by atoms with Crippen molar-refractivity contribution in [1.82, 2.24) is 5.32 Å². The smallest absolute Gasteiger partial charge is 0.188 e. The maximum atomic E-state index is 13.3. The number of nitrogens with zero attached hydrogens (tertiary/aromatic N) is 1. The van der Waals surface area contributed by atoms with Crippen molar-refractivity contribution in [2.24, 2.45) is 10.7 Å². The first-order valence-corrected chi connectivity index (χ1v) is 6.92. The number of halogens is 2. The summed E-state index contributed by atoms with van der Waals surface area (Å²) in [4.78, 5) is 4.20. The van der Waals surface area contributed by atoms with Crippen LogP contribution < -0.4 is 11.1 Å². The van der Waals surface area contributed by atoms with Crippen molar-refractivity contribution in [3.63, 3.8) is 0 Å². The highest BCUT2D eigenvalue weighted by atomic mass is 127. The molecule has 0 amide bonds. The van der Waals surface area contributed by atoms with Crippen molar-refractivity contribution in [2.75, 3.05) is 6.54 Å². The fourth-order valence-electron chi connectivity index (χ4n) is 1.74. The average molecular weight is 393 g/mol. The van der Waals surface area contributed by atoms with Crippen molar-refractivity contribution in [3.8, 4) is 0 Å². The molecule has 0 saturated heterocycles. The molecule has 0 unspecified atom stereocenters. The van der Waals surface area contributed by atoms with Crippen molar-refractivity contribution in [2.45, 2.75) is 46.1 Å². The second-order valence-corrected chi connectivity index (χ2v) is 4.77. The number of unbranched alkanes of at least 4 members (excludes halogenated alkanes) is 3. The Morgan fingerprint density at radius 3 is 2.70 bits per heavy atom. The molecule has 1 rings (SSSR count). The number of nitrogens with one attached hydrogen (secondary N) is 1. The number of aliphatic imine (C=N–C) groups is 1. The maximum absolute atomic E-state index is 13.3. The Morgan fingerprint density at radius 2 is 2.05 bits per heavy atom. The normalized spacial score (nSPS) is 11.1. The molecule has 0 spiro atoms. The van der Waals surface area contributed by atoms with Gasteiger partial charge >= 0.3 is 0 Å². The summed E-state index contributed by atoms with van der Waals surface area (Å²) in [5.41, 5.74) is 7.23. The molecule has 0 fully saturated rings. The van der Waals surface area contributed by atoms with E-state index in [0.29, 0.717) is 18.1 Å². The van der Waals surface area contributed by atoms with Gasteiger partial charge in [0.25, 0.3) is 0 Å². The summed E-state index contributed by atoms with van der Waals surface area (Å²) in [5, 5.41) is 3.07. The van der Waals surface area contributed by atoms with E-state index in [1.807, 2.05) is 6.07 Å². The first-order chi connectivity index (χ1) is 9.13. The number of hydrogen-bond acceptors (Lipinski definition) is 1. The Balaban J connectivity index is 0.00000361. The minimum atomic E-state index is -0.196. The van der Waals surface area contributed by atoms with Crippen LogP contribution in [0, 0.1) is 12.7 Å². The molecule has 0 atom stereocenters. The predicted octanol–water partition coefficient (Wildman–Crippen LogP) is 3.74. The standard InChI is InChI=1S/C15H24FN3.HI/c1-3-4-5-6-9-18-15(17)19-11-13-8-7-12(2)14(16)10-13;/h7-8,10H,3-6,9,11H2,1-2H3,(H3,17,18,19);1H. The zero-order valence-corrected chi connectivity index (χ0v) is 14.6. The lowest BCUT2D eigenvalue weighted by Gasteiger charge is -2.05. The molecule has 1 aromatic rings. The van der Waals surface area contributed by atoms with Crippen LogP contribution in [0.5, 0.6) is 0 Å². The Bertz CT molecular complexity index is 422. The third-order valence-corrected chi connectivity index (χ3v) is 3.00. The van der Waals surface area contributed by atoms with E-state index >= 15 is 0 Å². The maximum Gasteiger partial charge on any atom is 0.188 e. The van der Waals surface area contributed by atoms with Gasteiger partial charge in [-0.15, -0.1) is 24.0 Å².